The Kier molecular flexibility index (Phi) is 2.97. The van der Waals surface area contributed by atoms with Crippen molar-refractivity contribution in [2.24, 2.45) is 0 Å². The van der Waals surface area contributed by atoms with Gasteiger partial charge in [0.25, 0.3) is 0 Å². The molecular formula is C13H15NO. The lowest BCUT2D eigenvalue weighted by Crippen LogP contribution is -2.01. The molecule has 0 saturated carbocycles. The maximum Gasteiger partial charge on any atom is 0.0704 e. The number of hydrogen-bond acceptors (Lipinski definition) is 2. The minimum absolute atomic E-state index is 0.232. The predicted molar refractivity (Wildman–Crippen MR) is 61.7 cm³/mol. The third-order valence-electron chi connectivity index (χ3n) is 2.52. The number of benzene rings is 1. The fraction of sp³-hybridized carbons (Fsp3) is 0.308. The molecule has 15 heavy (non-hydrogen) atoms. The lowest BCUT2D eigenvalue weighted by Gasteiger charge is -2.05. The summed E-state index contributed by atoms with van der Waals surface area (Å²) in [6, 6.07) is 10.3. The first kappa shape index (κ1) is 10.1. The van der Waals surface area contributed by atoms with Crippen LogP contribution in [0.3, 0.4) is 0 Å². The largest absolute Gasteiger partial charge is 0.393 e. The molecule has 1 heterocycles. The molecule has 78 valence electrons. The standard InChI is InChI=1S/C13H15NO/c1-10(15)4-5-11-6-7-12-3-2-8-14-13(12)9-11/h2-3,6-10,15H,4-5H2,1H3/t10-/m1/s1. The van der Waals surface area contributed by atoms with Crippen LogP contribution >= 0.6 is 0 Å². The lowest BCUT2D eigenvalue weighted by molar-refractivity contribution is 0.185. The van der Waals surface area contributed by atoms with E-state index in [0.29, 0.717) is 0 Å². The molecule has 0 aliphatic heterocycles. The molecule has 0 radical (unpaired) electrons. The Labute approximate surface area is 89.6 Å². The van der Waals surface area contributed by atoms with E-state index < -0.39 is 0 Å². The maximum absolute atomic E-state index is 9.21. The van der Waals surface area contributed by atoms with Crippen LogP contribution in [0.5, 0.6) is 0 Å². The van der Waals surface area contributed by atoms with Crippen molar-refractivity contribution in [3.63, 3.8) is 0 Å². The summed E-state index contributed by atoms with van der Waals surface area (Å²) >= 11 is 0. The topological polar surface area (TPSA) is 33.1 Å². The Bertz CT molecular complexity index is 451. The van der Waals surface area contributed by atoms with Crippen molar-refractivity contribution in [1.82, 2.24) is 4.98 Å². The average Bonchev–Trinajstić information content (AvgIpc) is 2.26. The minimum Gasteiger partial charge on any atom is -0.393 e. The van der Waals surface area contributed by atoms with E-state index >= 15 is 0 Å². The zero-order chi connectivity index (χ0) is 10.7. The molecule has 1 aromatic heterocycles. The molecule has 0 saturated heterocycles. The quantitative estimate of drug-likeness (QED) is 0.827. The zero-order valence-electron chi connectivity index (χ0n) is 8.85. The number of aliphatic hydroxyl groups is 1. The van der Waals surface area contributed by atoms with Crippen molar-refractivity contribution < 1.29 is 5.11 Å². The second kappa shape index (κ2) is 4.41. The Morgan fingerprint density at radius 1 is 1.33 bits per heavy atom. The van der Waals surface area contributed by atoms with Gasteiger partial charge in [-0.3, -0.25) is 4.98 Å². The Morgan fingerprint density at radius 3 is 3.00 bits per heavy atom. The van der Waals surface area contributed by atoms with E-state index in [9.17, 15) is 5.11 Å². The molecule has 0 fully saturated rings. The van der Waals surface area contributed by atoms with Crippen molar-refractivity contribution >= 4 is 10.9 Å². The molecule has 0 aliphatic rings. The SMILES string of the molecule is C[C@@H](O)CCc1ccc2cccnc2c1. The zero-order valence-corrected chi connectivity index (χ0v) is 8.85. The fourth-order valence-corrected chi connectivity index (χ4v) is 1.64. The fourth-order valence-electron chi connectivity index (χ4n) is 1.64. The smallest absolute Gasteiger partial charge is 0.0704 e. The van der Waals surface area contributed by atoms with Crippen LogP contribution in [0.15, 0.2) is 36.5 Å². The summed E-state index contributed by atoms with van der Waals surface area (Å²) in [7, 11) is 0. The Morgan fingerprint density at radius 2 is 2.20 bits per heavy atom. The molecule has 1 atom stereocenters. The summed E-state index contributed by atoms with van der Waals surface area (Å²) in [4.78, 5) is 4.31. The number of aliphatic hydroxyl groups excluding tert-OH is 1. The van der Waals surface area contributed by atoms with Gasteiger partial charge < -0.3 is 5.11 Å². The summed E-state index contributed by atoms with van der Waals surface area (Å²) in [5.74, 6) is 0. The van der Waals surface area contributed by atoms with Crippen LogP contribution in [-0.4, -0.2) is 16.2 Å². The molecule has 0 bridgehead atoms. The molecule has 0 aliphatic carbocycles. The number of aromatic nitrogens is 1. The van der Waals surface area contributed by atoms with Gasteiger partial charge in [-0.2, -0.15) is 0 Å². The minimum atomic E-state index is -0.232. The number of nitrogens with zero attached hydrogens (tertiary/aromatic N) is 1. The van der Waals surface area contributed by atoms with E-state index in [1.807, 2.05) is 13.0 Å². The van der Waals surface area contributed by atoms with Crippen LogP contribution in [0, 0.1) is 0 Å². The maximum atomic E-state index is 9.21. The van der Waals surface area contributed by atoms with Crippen LogP contribution in [0.25, 0.3) is 10.9 Å². The van der Waals surface area contributed by atoms with Crippen molar-refractivity contribution in [3.05, 3.63) is 42.1 Å². The van der Waals surface area contributed by atoms with Crippen LogP contribution in [0.4, 0.5) is 0 Å². The van der Waals surface area contributed by atoms with Gasteiger partial charge in [-0.1, -0.05) is 18.2 Å². The van der Waals surface area contributed by atoms with Gasteiger partial charge in [-0.05, 0) is 37.5 Å². The van der Waals surface area contributed by atoms with Crippen molar-refractivity contribution in [2.45, 2.75) is 25.9 Å². The Balaban J connectivity index is 2.23. The molecule has 2 heteroatoms. The van der Waals surface area contributed by atoms with Gasteiger partial charge in [-0.25, -0.2) is 0 Å². The predicted octanol–water partition coefficient (Wildman–Crippen LogP) is 2.55. The highest BCUT2D eigenvalue weighted by atomic mass is 16.3. The molecule has 0 unspecified atom stereocenters. The van der Waals surface area contributed by atoms with Crippen LogP contribution in [0.2, 0.25) is 0 Å². The second-order valence-corrected chi connectivity index (χ2v) is 3.92. The number of hydrogen-bond donors (Lipinski definition) is 1. The molecule has 0 amide bonds. The number of rotatable bonds is 3. The van der Waals surface area contributed by atoms with E-state index in [4.69, 9.17) is 0 Å². The molecular weight excluding hydrogens is 186 g/mol. The second-order valence-electron chi connectivity index (χ2n) is 3.92. The highest BCUT2D eigenvalue weighted by Crippen LogP contribution is 2.14. The summed E-state index contributed by atoms with van der Waals surface area (Å²) in [6.45, 7) is 1.82. The van der Waals surface area contributed by atoms with E-state index in [1.54, 1.807) is 6.20 Å². The first-order chi connectivity index (χ1) is 7.25. The molecule has 1 N–H and O–H groups in total. The highest BCUT2D eigenvalue weighted by Gasteiger charge is 1.99. The van der Waals surface area contributed by atoms with E-state index in [2.05, 4.69) is 29.2 Å². The highest BCUT2D eigenvalue weighted by molar-refractivity contribution is 5.78. The van der Waals surface area contributed by atoms with E-state index in [1.165, 1.54) is 10.9 Å². The summed E-state index contributed by atoms with van der Waals surface area (Å²) in [6.07, 6.45) is 3.29. The molecule has 1 aromatic carbocycles. The van der Waals surface area contributed by atoms with Crippen LogP contribution in [0.1, 0.15) is 18.9 Å². The van der Waals surface area contributed by atoms with E-state index in [-0.39, 0.29) is 6.10 Å². The molecule has 2 rings (SSSR count). The van der Waals surface area contributed by atoms with Crippen LogP contribution < -0.4 is 0 Å². The van der Waals surface area contributed by atoms with Crippen LogP contribution in [-0.2, 0) is 6.42 Å². The van der Waals surface area contributed by atoms with Gasteiger partial charge >= 0.3 is 0 Å². The number of pyridine rings is 1. The van der Waals surface area contributed by atoms with Gasteiger partial charge in [0.05, 0.1) is 11.6 Å². The van der Waals surface area contributed by atoms with Crippen molar-refractivity contribution in [3.8, 4) is 0 Å². The van der Waals surface area contributed by atoms with Crippen molar-refractivity contribution in [2.75, 3.05) is 0 Å². The Hall–Kier alpha value is -1.41. The summed E-state index contributed by atoms with van der Waals surface area (Å²) < 4.78 is 0. The van der Waals surface area contributed by atoms with Gasteiger partial charge in [0.15, 0.2) is 0 Å². The lowest BCUT2D eigenvalue weighted by atomic mass is 10.1. The molecule has 2 nitrogen and oxygen atoms in total. The summed E-state index contributed by atoms with van der Waals surface area (Å²) in [5.41, 5.74) is 2.27. The van der Waals surface area contributed by atoms with E-state index in [0.717, 1.165) is 18.4 Å². The summed E-state index contributed by atoms with van der Waals surface area (Å²) in [5, 5.41) is 10.4. The van der Waals surface area contributed by atoms with Gasteiger partial charge in [-0.15, -0.1) is 0 Å². The number of fused-ring (bicyclic) bond motifs is 1. The normalized spacial score (nSPS) is 12.9. The third-order valence-corrected chi connectivity index (χ3v) is 2.52. The molecule has 0 spiro atoms. The van der Waals surface area contributed by atoms with Gasteiger partial charge in [0.2, 0.25) is 0 Å². The number of aryl methyl sites for hydroxylation is 1. The van der Waals surface area contributed by atoms with Gasteiger partial charge in [0.1, 0.15) is 0 Å². The molecule has 2 aromatic rings. The monoisotopic (exact) mass is 201 g/mol. The van der Waals surface area contributed by atoms with Crippen molar-refractivity contribution in [1.29, 1.82) is 0 Å². The first-order valence-corrected chi connectivity index (χ1v) is 5.27. The third kappa shape index (κ3) is 2.54. The first-order valence-electron chi connectivity index (χ1n) is 5.27. The van der Waals surface area contributed by atoms with Gasteiger partial charge in [0, 0.05) is 11.6 Å². The average molecular weight is 201 g/mol.